The van der Waals surface area contributed by atoms with Crippen LogP contribution in [0.3, 0.4) is 0 Å². The van der Waals surface area contributed by atoms with Crippen molar-refractivity contribution in [3.63, 3.8) is 0 Å². The lowest BCUT2D eigenvalue weighted by Crippen LogP contribution is -2.57. The first-order valence-electron chi connectivity index (χ1n) is 24.9. The van der Waals surface area contributed by atoms with Crippen molar-refractivity contribution < 1.29 is 33.8 Å². The second kappa shape index (κ2) is 30.1. The Morgan fingerprint density at radius 3 is 1.27 bits per heavy atom. The molecule has 2 unspecified atom stereocenters. The Morgan fingerprint density at radius 1 is 0.606 bits per heavy atom. The summed E-state index contributed by atoms with van der Waals surface area (Å²) >= 11 is 0. The third kappa shape index (κ3) is 17.7. The summed E-state index contributed by atoms with van der Waals surface area (Å²) < 4.78 is 10.8. The molecular formula is C60H90N4O7. The van der Waals surface area contributed by atoms with Gasteiger partial charge in [0.2, 0.25) is 0 Å². The molecule has 392 valence electrons. The number of nitrogens with zero attached hydrogens (tertiary/aromatic N) is 2. The molecule has 0 spiro atoms. The highest BCUT2D eigenvalue weighted by molar-refractivity contribution is 6.01. The predicted molar refractivity (Wildman–Crippen MR) is 293 cm³/mol. The van der Waals surface area contributed by atoms with E-state index in [0.717, 1.165) is 91.9 Å². The fraction of sp³-hybridized carbons (Fsp3) is 0.500. The summed E-state index contributed by atoms with van der Waals surface area (Å²) in [6, 6.07) is 22.0. The van der Waals surface area contributed by atoms with E-state index in [-0.39, 0.29) is 54.0 Å². The highest BCUT2D eigenvalue weighted by Gasteiger charge is 2.39. The summed E-state index contributed by atoms with van der Waals surface area (Å²) in [5, 5.41) is 10.2. The van der Waals surface area contributed by atoms with E-state index in [0.29, 0.717) is 40.2 Å². The lowest BCUT2D eigenvalue weighted by Gasteiger charge is -2.42. The molecule has 3 N–H and O–H groups in total. The van der Waals surface area contributed by atoms with Crippen LogP contribution in [0.15, 0.2) is 85.5 Å². The van der Waals surface area contributed by atoms with Gasteiger partial charge in [-0.05, 0) is 127 Å². The van der Waals surface area contributed by atoms with Crippen LogP contribution < -0.4 is 20.3 Å². The number of hydrogen-bond acceptors (Lipinski definition) is 7. The summed E-state index contributed by atoms with van der Waals surface area (Å²) in [6.45, 7) is 30.6. The van der Waals surface area contributed by atoms with Crippen molar-refractivity contribution in [3.8, 4) is 11.5 Å². The van der Waals surface area contributed by atoms with Crippen LogP contribution >= 0.6 is 0 Å². The standard InChI is InChI=1S/C29H42N2O3.C29H40N2O3.CH4O.CH4/c2*1-9-11-15-26(29(6,7)16-10-2)31(28(33)23-18-20(3)17-21(4)19-23)30-27(32)24-13-12-14-25(34-8)22(24)5;1-2;/h12-14,17-19,26H,9-11,15-16H2,1-8H3,(H,30,32);10,12-14,17-19,26H,2,9,11,15-16H2,1,3-8H3,(H,30,32);2H,1H3;1H4. The summed E-state index contributed by atoms with van der Waals surface area (Å²) in [4.78, 5) is 54.9. The summed E-state index contributed by atoms with van der Waals surface area (Å²) in [7, 11) is 4.17. The van der Waals surface area contributed by atoms with Crippen LogP contribution in [0.2, 0.25) is 0 Å². The first kappa shape index (κ1) is 63.1. The van der Waals surface area contributed by atoms with Gasteiger partial charge < -0.3 is 14.6 Å². The van der Waals surface area contributed by atoms with E-state index >= 15 is 0 Å². The molecule has 0 aliphatic rings. The minimum atomic E-state index is -0.329. The first-order chi connectivity index (χ1) is 33.1. The van der Waals surface area contributed by atoms with E-state index in [4.69, 9.17) is 14.6 Å². The normalized spacial score (nSPS) is 11.7. The SMILES string of the molecule is C.C=CCC(C)(C)C(CCCC)N(NC(=O)c1cccc(OC)c1C)C(=O)c1cc(C)cc(C)c1.CCCCC(N(NC(=O)c1cccc(OC)c1C)C(=O)c1cc(C)cc(C)c1)C(C)(C)CCC.CO. The number of allylic oxidation sites excluding steroid dienone is 1. The van der Waals surface area contributed by atoms with Gasteiger partial charge in [-0.2, -0.15) is 0 Å². The second-order valence-electron chi connectivity index (χ2n) is 19.8. The maximum atomic E-state index is 14.0. The number of aliphatic hydroxyl groups is 1. The number of ether oxygens (including phenoxy) is 2. The van der Waals surface area contributed by atoms with E-state index in [1.807, 2.05) is 90.1 Å². The number of hydrogen-bond donors (Lipinski definition) is 3. The molecule has 0 fully saturated rings. The Labute approximate surface area is 428 Å². The van der Waals surface area contributed by atoms with Crippen LogP contribution in [0.25, 0.3) is 0 Å². The van der Waals surface area contributed by atoms with Gasteiger partial charge in [0, 0.05) is 40.5 Å². The molecule has 11 heteroatoms. The number of nitrogens with one attached hydrogen (secondary N) is 2. The number of hydrazine groups is 2. The van der Waals surface area contributed by atoms with Crippen molar-refractivity contribution in [2.75, 3.05) is 21.3 Å². The number of amides is 4. The molecular weight excluding hydrogens is 889 g/mol. The molecule has 71 heavy (non-hydrogen) atoms. The van der Waals surface area contributed by atoms with Gasteiger partial charge in [-0.3, -0.25) is 30.0 Å². The van der Waals surface area contributed by atoms with Crippen LogP contribution in [0, 0.1) is 52.4 Å². The number of aryl methyl sites for hydroxylation is 4. The zero-order valence-corrected chi connectivity index (χ0v) is 45.5. The second-order valence-corrected chi connectivity index (χ2v) is 19.8. The molecule has 0 saturated heterocycles. The molecule has 0 aromatic heterocycles. The van der Waals surface area contributed by atoms with Crippen molar-refractivity contribution in [1.29, 1.82) is 0 Å². The van der Waals surface area contributed by atoms with Crippen molar-refractivity contribution >= 4 is 23.6 Å². The molecule has 0 saturated carbocycles. The van der Waals surface area contributed by atoms with Gasteiger partial charge in [-0.15, -0.1) is 6.58 Å². The van der Waals surface area contributed by atoms with Gasteiger partial charge in [0.05, 0.1) is 26.3 Å². The monoisotopic (exact) mass is 979 g/mol. The topological polar surface area (TPSA) is 138 Å². The van der Waals surface area contributed by atoms with Gasteiger partial charge >= 0.3 is 0 Å². The molecule has 11 nitrogen and oxygen atoms in total. The molecule has 0 aliphatic carbocycles. The molecule has 0 heterocycles. The molecule has 0 bridgehead atoms. The van der Waals surface area contributed by atoms with E-state index in [1.54, 1.807) is 48.5 Å². The lowest BCUT2D eigenvalue weighted by molar-refractivity contribution is 0.0208. The van der Waals surface area contributed by atoms with E-state index in [1.165, 1.54) is 0 Å². The van der Waals surface area contributed by atoms with Crippen LogP contribution in [-0.4, -0.2) is 72.2 Å². The zero-order valence-electron chi connectivity index (χ0n) is 45.5. The molecule has 2 atom stereocenters. The minimum Gasteiger partial charge on any atom is -0.496 e. The third-order valence-corrected chi connectivity index (χ3v) is 13.0. The maximum absolute atomic E-state index is 14.0. The Balaban J connectivity index is 0.000000677. The van der Waals surface area contributed by atoms with Crippen molar-refractivity contribution in [3.05, 3.63) is 141 Å². The summed E-state index contributed by atoms with van der Waals surface area (Å²) in [5.74, 6) is 0.265. The van der Waals surface area contributed by atoms with Crippen LogP contribution in [0.5, 0.6) is 11.5 Å². The maximum Gasteiger partial charge on any atom is 0.272 e. The van der Waals surface area contributed by atoms with E-state index in [9.17, 15) is 19.2 Å². The summed E-state index contributed by atoms with van der Waals surface area (Å²) in [6.07, 6.45) is 10.1. The van der Waals surface area contributed by atoms with Crippen LogP contribution in [0.4, 0.5) is 0 Å². The third-order valence-electron chi connectivity index (χ3n) is 13.0. The fourth-order valence-corrected chi connectivity index (χ4v) is 9.37. The van der Waals surface area contributed by atoms with Gasteiger partial charge in [0.15, 0.2) is 0 Å². The number of carbonyl (C=O) groups excluding carboxylic acids is 4. The largest absolute Gasteiger partial charge is 0.496 e. The smallest absolute Gasteiger partial charge is 0.272 e. The highest BCUT2D eigenvalue weighted by Crippen LogP contribution is 2.36. The highest BCUT2D eigenvalue weighted by atomic mass is 16.5. The predicted octanol–water partition coefficient (Wildman–Crippen LogP) is 13.6. The minimum absolute atomic E-state index is 0. The molecule has 4 amide bonds. The number of benzene rings is 4. The Morgan fingerprint density at radius 2 is 0.958 bits per heavy atom. The molecule has 4 aromatic carbocycles. The Bertz CT molecular complexity index is 2310. The molecule has 4 aromatic rings. The van der Waals surface area contributed by atoms with Crippen LogP contribution in [-0.2, 0) is 0 Å². The number of methoxy groups -OCH3 is 2. The van der Waals surface area contributed by atoms with Gasteiger partial charge in [-0.1, -0.05) is 141 Å². The van der Waals surface area contributed by atoms with Crippen LogP contribution in [0.1, 0.15) is 188 Å². The average molecular weight is 979 g/mol. The molecule has 4 rings (SSSR count). The lowest BCUT2D eigenvalue weighted by atomic mass is 9.77. The first-order valence-corrected chi connectivity index (χ1v) is 24.9. The van der Waals surface area contributed by atoms with Crippen molar-refractivity contribution in [1.82, 2.24) is 20.9 Å². The Hall–Kier alpha value is -5.94. The average Bonchev–Trinajstić information content (AvgIpc) is 3.30. The quantitative estimate of drug-likeness (QED) is 0.0592. The molecule has 0 aliphatic heterocycles. The number of unbranched alkanes of at least 4 members (excludes halogenated alkanes) is 2. The van der Waals surface area contributed by atoms with E-state index < -0.39 is 0 Å². The van der Waals surface area contributed by atoms with Gasteiger partial charge in [0.25, 0.3) is 23.6 Å². The number of aliphatic hydroxyl groups excluding tert-OH is 1. The summed E-state index contributed by atoms with van der Waals surface area (Å²) in [5.41, 5.74) is 13.2. The zero-order chi connectivity index (χ0) is 52.9. The van der Waals surface area contributed by atoms with E-state index in [2.05, 4.69) is 72.0 Å². The number of carbonyl (C=O) groups is 4. The molecule has 0 radical (unpaired) electrons. The number of rotatable bonds is 20. The Kier molecular flexibility index (Phi) is 26.7. The van der Waals surface area contributed by atoms with Gasteiger partial charge in [-0.25, -0.2) is 10.0 Å². The van der Waals surface area contributed by atoms with Crippen molar-refractivity contribution in [2.45, 2.75) is 167 Å². The van der Waals surface area contributed by atoms with Gasteiger partial charge in [0.1, 0.15) is 11.5 Å². The fourth-order valence-electron chi connectivity index (χ4n) is 9.37. The van der Waals surface area contributed by atoms with Crippen molar-refractivity contribution in [2.24, 2.45) is 10.8 Å².